The Labute approximate surface area is 263 Å². The Hall–Kier alpha value is -4.04. The van der Waals surface area contributed by atoms with Crippen LogP contribution in [0.4, 0.5) is 10.5 Å². The molecule has 0 saturated carbocycles. The van der Waals surface area contributed by atoms with Crippen molar-refractivity contribution < 1.29 is 44.3 Å². The Morgan fingerprint density at radius 3 is 2.40 bits per heavy atom. The minimum absolute atomic E-state index is 0.0243. The summed E-state index contributed by atoms with van der Waals surface area (Å²) in [7, 11) is 0. The Balaban J connectivity index is 0.00000166. The maximum atomic E-state index is 12.5. The maximum absolute atomic E-state index is 12.5. The largest absolute Gasteiger partial charge is 0.508 e. The number of anilines is 1. The third-order valence-electron chi connectivity index (χ3n) is 6.95. The Morgan fingerprint density at radius 2 is 1.71 bits per heavy atom. The highest BCUT2D eigenvalue weighted by Gasteiger charge is 2.37. The smallest absolute Gasteiger partial charge is 0.332 e. The molecule has 1 saturated heterocycles. The standard InChI is InChI=1S/C30H42N4O7.C2H4O2/c31-28(38)19-33-20-29(39)34(30(33)40)25-10-7-9-22(16-25)8-3-6-15-41-14-5-2-1-4-13-32-18-27(37)23-11-12-26(36)24(17-23)21-35;1-2(3)4/h7,9-12,16-17,27,32,35-37H,1-6,8,13-15,18-21H2,(H2,31,38);1H3,(H,3,4)/t27-;/m0./s1. The molecule has 4 amide bonds. The van der Waals surface area contributed by atoms with Crippen LogP contribution >= 0.6 is 0 Å². The summed E-state index contributed by atoms with van der Waals surface area (Å²) in [6.07, 6.45) is 6.06. The number of amides is 4. The Kier molecular flexibility index (Phi) is 16.6. The third-order valence-corrected chi connectivity index (χ3v) is 6.95. The number of aryl methyl sites for hydroxylation is 1. The van der Waals surface area contributed by atoms with Gasteiger partial charge < -0.3 is 41.1 Å². The van der Waals surface area contributed by atoms with Gasteiger partial charge in [-0.3, -0.25) is 14.4 Å². The van der Waals surface area contributed by atoms with Gasteiger partial charge in [0.25, 0.3) is 11.9 Å². The number of benzene rings is 2. The lowest BCUT2D eigenvalue weighted by atomic mass is 10.1. The van der Waals surface area contributed by atoms with Crippen molar-refractivity contribution in [3.63, 3.8) is 0 Å². The average Bonchev–Trinajstić information content (AvgIpc) is 3.26. The highest BCUT2D eigenvalue weighted by Crippen LogP contribution is 2.24. The number of nitrogens with two attached hydrogens (primary N) is 1. The number of aliphatic carboxylic acids is 1. The molecule has 0 spiro atoms. The number of nitrogens with one attached hydrogen (secondary N) is 1. The first kappa shape index (κ1) is 37.1. The van der Waals surface area contributed by atoms with Gasteiger partial charge in [-0.05, 0) is 74.0 Å². The molecule has 13 heteroatoms. The highest BCUT2D eigenvalue weighted by molar-refractivity contribution is 6.20. The number of carbonyl (C=O) groups excluding carboxylic acids is 3. The number of ether oxygens (including phenoxy) is 1. The molecule has 13 nitrogen and oxygen atoms in total. The number of carboxylic acids is 1. The fourth-order valence-electron chi connectivity index (χ4n) is 4.71. The molecule has 1 aliphatic heterocycles. The summed E-state index contributed by atoms with van der Waals surface area (Å²) in [5.74, 6) is -1.84. The van der Waals surface area contributed by atoms with E-state index in [1.54, 1.807) is 18.2 Å². The number of hydrogen-bond acceptors (Lipinski definition) is 9. The minimum Gasteiger partial charge on any atom is -0.508 e. The van der Waals surface area contributed by atoms with Gasteiger partial charge in [-0.15, -0.1) is 0 Å². The molecule has 3 rings (SSSR count). The second kappa shape index (κ2) is 20.1. The zero-order valence-corrected chi connectivity index (χ0v) is 25.8. The fraction of sp³-hybridized carbons (Fsp3) is 0.500. The first-order valence-electron chi connectivity index (χ1n) is 15.1. The number of imide groups is 1. The van der Waals surface area contributed by atoms with Crippen molar-refractivity contribution in [2.24, 2.45) is 5.73 Å². The molecule has 0 bridgehead atoms. The van der Waals surface area contributed by atoms with E-state index in [2.05, 4.69) is 5.32 Å². The number of phenols is 1. The van der Waals surface area contributed by atoms with Gasteiger partial charge in [0.2, 0.25) is 5.91 Å². The van der Waals surface area contributed by atoms with E-state index in [1.165, 1.54) is 6.07 Å². The SMILES string of the molecule is CC(=O)O.NC(=O)CN1CC(=O)N(c2cccc(CCCCOCCCCCCNC[C@H](O)c3ccc(O)c(CO)c3)c2)C1=O. The second-order valence-electron chi connectivity index (χ2n) is 10.8. The predicted molar refractivity (Wildman–Crippen MR) is 167 cm³/mol. The lowest BCUT2D eigenvalue weighted by molar-refractivity contribution is -0.134. The summed E-state index contributed by atoms with van der Waals surface area (Å²) in [6.45, 7) is 2.99. The van der Waals surface area contributed by atoms with Crippen molar-refractivity contribution in [1.82, 2.24) is 10.2 Å². The van der Waals surface area contributed by atoms with Gasteiger partial charge in [0.05, 0.1) is 18.4 Å². The third kappa shape index (κ3) is 13.6. The molecular formula is C32H46N4O9. The topological polar surface area (TPSA) is 203 Å². The van der Waals surface area contributed by atoms with Crippen LogP contribution in [0.5, 0.6) is 5.75 Å². The van der Waals surface area contributed by atoms with Gasteiger partial charge in [-0.25, -0.2) is 9.69 Å². The Morgan fingerprint density at radius 1 is 1.02 bits per heavy atom. The molecule has 2 aromatic rings. The van der Waals surface area contributed by atoms with Crippen molar-refractivity contribution in [3.05, 3.63) is 59.2 Å². The lowest BCUT2D eigenvalue weighted by Gasteiger charge is -2.16. The van der Waals surface area contributed by atoms with E-state index in [9.17, 15) is 29.7 Å². The van der Waals surface area contributed by atoms with Gasteiger partial charge in [0.1, 0.15) is 18.8 Å². The van der Waals surface area contributed by atoms with Crippen LogP contribution in [-0.4, -0.2) is 88.5 Å². The molecule has 0 unspecified atom stereocenters. The number of nitrogens with zero attached hydrogens (tertiary/aromatic N) is 2. The molecule has 1 heterocycles. The van der Waals surface area contributed by atoms with Gasteiger partial charge in [-0.2, -0.15) is 0 Å². The fourth-order valence-corrected chi connectivity index (χ4v) is 4.71. The molecule has 7 N–H and O–H groups in total. The van der Waals surface area contributed by atoms with E-state index < -0.39 is 24.0 Å². The van der Waals surface area contributed by atoms with Crippen LogP contribution in [0.3, 0.4) is 0 Å². The van der Waals surface area contributed by atoms with Crippen LogP contribution in [0.25, 0.3) is 0 Å². The van der Waals surface area contributed by atoms with Crippen LogP contribution in [0.15, 0.2) is 42.5 Å². The molecule has 1 fully saturated rings. The second-order valence-corrected chi connectivity index (χ2v) is 10.8. The number of carboxylic acid groups (broad SMARTS) is 1. The first-order valence-corrected chi connectivity index (χ1v) is 15.1. The highest BCUT2D eigenvalue weighted by atomic mass is 16.5. The first-order chi connectivity index (χ1) is 21.5. The van der Waals surface area contributed by atoms with Crippen molar-refractivity contribution in [1.29, 1.82) is 0 Å². The van der Waals surface area contributed by atoms with Crippen LogP contribution in [-0.2, 0) is 32.1 Å². The Bertz CT molecular complexity index is 1250. The molecule has 1 aliphatic rings. The molecule has 45 heavy (non-hydrogen) atoms. The zero-order chi connectivity index (χ0) is 33.2. The van der Waals surface area contributed by atoms with Gasteiger partial charge >= 0.3 is 6.03 Å². The van der Waals surface area contributed by atoms with Crippen LogP contribution in [0.2, 0.25) is 0 Å². The molecule has 0 aromatic heterocycles. The summed E-state index contributed by atoms with van der Waals surface area (Å²) in [5.41, 5.74) is 7.76. The molecule has 248 valence electrons. The molecule has 0 aliphatic carbocycles. The summed E-state index contributed by atoms with van der Waals surface area (Å²) < 4.78 is 5.76. The molecule has 1 atom stereocenters. The number of unbranched alkanes of at least 4 members (excludes halogenated alkanes) is 4. The van der Waals surface area contributed by atoms with E-state index >= 15 is 0 Å². The van der Waals surface area contributed by atoms with Crippen molar-refractivity contribution in [2.75, 3.05) is 44.3 Å². The number of primary amides is 1. The number of urea groups is 1. The number of aliphatic hydroxyl groups is 2. The van der Waals surface area contributed by atoms with Gasteiger partial charge in [0.15, 0.2) is 0 Å². The van der Waals surface area contributed by atoms with E-state index in [0.717, 1.165) is 80.4 Å². The monoisotopic (exact) mass is 630 g/mol. The zero-order valence-electron chi connectivity index (χ0n) is 25.8. The molecule has 2 aromatic carbocycles. The summed E-state index contributed by atoms with van der Waals surface area (Å²) >= 11 is 0. The van der Waals surface area contributed by atoms with Crippen LogP contribution in [0.1, 0.15) is 68.2 Å². The maximum Gasteiger partial charge on any atom is 0.332 e. The summed E-state index contributed by atoms with van der Waals surface area (Å²) in [5, 5.41) is 39.8. The van der Waals surface area contributed by atoms with Crippen molar-refractivity contribution in [3.8, 4) is 5.75 Å². The number of aromatic hydroxyl groups is 1. The van der Waals surface area contributed by atoms with E-state index in [-0.39, 0.29) is 31.4 Å². The number of rotatable bonds is 19. The normalized spacial score (nSPS) is 13.5. The number of aliphatic hydroxyl groups excluding tert-OH is 2. The van der Waals surface area contributed by atoms with E-state index in [0.29, 0.717) is 30.0 Å². The summed E-state index contributed by atoms with van der Waals surface area (Å²) in [6, 6.07) is 11.6. The van der Waals surface area contributed by atoms with E-state index in [1.807, 2.05) is 18.2 Å². The van der Waals surface area contributed by atoms with E-state index in [4.69, 9.17) is 20.4 Å². The molecule has 0 radical (unpaired) electrons. The van der Waals surface area contributed by atoms with Gasteiger partial charge in [0, 0.05) is 32.2 Å². The van der Waals surface area contributed by atoms with Crippen molar-refractivity contribution >= 4 is 29.5 Å². The molecular weight excluding hydrogens is 584 g/mol. The number of carbonyl (C=O) groups is 4. The quantitative estimate of drug-likeness (QED) is 0.0988. The lowest BCUT2D eigenvalue weighted by Crippen LogP contribution is -2.37. The average molecular weight is 631 g/mol. The van der Waals surface area contributed by atoms with Crippen molar-refractivity contribution in [2.45, 2.75) is 64.6 Å². The van der Waals surface area contributed by atoms with Crippen LogP contribution in [0, 0.1) is 0 Å². The van der Waals surface area contributed by atoms with Crippen LogP contribution < -0.4 is 16.0 Å². The number of hydrogen-bond donors (Lipinski definition) is 6. The summed E-state index contributed by atoms with van der Waals surface area (Å²) in [4.78, 5) is 47.2. The predicted octanol–water partition coefficient (Wildman–Crippen LogP) is 2.45. The van der Waals surface area contributed by atoms with Gasteiger partial charge in [-0.1, -0.05) is 31.0 Å². The minimum atomic E-state index is -0.833.